The minimum Gasteiger partial charge on any atom is -0.495 e. The van der Waals surface area contributed by atoms with Gasteiger partial charge in [0, 0.05) is 36.8 Å². The molecule has 1 aromatic heterocycles. The van der Waals surface area contributed by atoms with E-state index in [9.17, 15) is 9.18 Å². The fourth-order valence-corrected chi connectivity index (χ4v) is 4.40. The number of hydrogen-bond donors (Lipinski definition) is 0. The van der Waals surface area contributed by atoms with Crippen LogP contribution in [0.5, 0.6) is 5.75 Å². The van der Waals surface area contributed by atoms with Gasteiger partial charge in [0.2, 0.25) is 0 Å². The third-order valence-corrected chi connectivity index (χ3v) is 6.38. The van der Waals surface area contributed by atoms with Gasteiger partial charge in [-0.2, -0.15) is 5.10 Å². The fourth-order valence-electron chi connectivity index (χ4n) is 4.28. The number of benzene rings is 3. The van der Waals surface area contributed by atoms with Gasteiger partial charge in [-0.3, -0.25) is 4.79 Å². The molecular formula is C27H24ClFN4O2. The van der Waals surface area contributed by atoms with Gasteiger partial charge in [0.15, 0.2) is 0 Å². The number of amides is 1. The average Bonchev–Trinajstić information content (AvgIpc) is 3.34. The van der Waals surface area contributed by atoms with Gasteiger partial charge in [0.1, 0.15) is 17.3 Å². The molecule has 0 spiro atoms. The molecule has 1 amide bonds. The zero-order chi connectivity index (χ0) is 24.4. The average molecular weight is 491 g/mol. The summed E-state index contributed by atoms with van der Waals surface area (Å²) in [5.74, 6) is 0.382. The van der Waals surface area contributed by atoms with E-state index in [0.717, 1.165) is 22.7 Å². The smallest absolute Gasteiger partial charge is 0.272 e. The number of methoxy groups -OCH3 is 1. The molecule has 0 N–H and O–H groups in total. The molecule has 0 bridgehead atoms. The van der Waals surface area contributed by atoms with Crippen molar-refractivity contribution in [2.45, 2.75) is 0 Å². The van der Waals surface area contributed by atoms with Gasteiger partial charge in [-0.05, 0) is 66.7 Å². The highest BCUT2D eigenvalue weighted by Crippen LogP contribution is 2.29. The standard InChI is InChI=1S/C27H24ClFN4O2/c1-35-26-5-3-2-4-24(26)31-14-16-32(17-15-31)27(34)25-18-23(19-6-10-21(29)11-7-19)30-33(25)22-12-8-20(28)9-13-22/h2-13,18H,14-17H2,1H3. The van der Waals surface area contributed by atoms with Crippen LogP contribution in [0.3, 0.4) is 0 Å². The van der Waals surface area contributed by atoms with Crippen LogP contribution in [-0.4, -0.2) is 53.9 Å². The molecule has 0 atom stereocenters. The first kappa shape index (κ1) is 22.9. The lowest BCUT2D eigenvalue weighted by atomic mass is 10.1. The molecule has 8 heteroatoms. The van der Waals surface area contributed by atoms with Crippen molar-refractivity contribution < 1.29 is 13.9 Å². The number of halogens is 2. The number of carbonyl (C=O) groups excluding carboxylic acids is 1. The van der Waals surface area contributed by atoms with Crippen LogP contribution in [0.25, 0.3) is 16.9 Å². The summed E-state index contributed by atoms with van der Waals surface area (Å²) >= 11 is 6.07. The molecule has 178 valence electrons. The molecule has 1 fully saturated rings. The Balaban J connectivity index is 1.42. The lowest BCUT2D eigenvalue weighted by molar-refractivity contribution is 0.0737. The van der Waals surface area contributed by atoms with Crippen molar-refractivity contribution in [2.75, 3.05) is 38.2 Å². The van der Waals surface area contributed by atoms with Crippen LogP contribution in [0.2, 0.25) is 5.02 Å². The Morgan fingerprint density at radius 2 is 1.63 bits per heavy atom. The van der Waals surface area contributed by atoms with Gasteiger partial charge in [0.05, 0.1) is 24.2 Å². The van der Waals surface area contributed by atoms with Crippen LogP contribution in [-0.2, 0) is 0 Å². The summed E-state index contributed by atoms with van der Waals surface area (Å²) in [6.07, 6.45) is 0. The molecule has 6 nitrogen and oxygen atoms in total. The van der Waals surface area contributed by atoms with Crippen molar-refractivity contribution in [3.63, 3.8) is 0 Å². The number of nitrogens with zero attached hydrogens (tertiary/aromatic N) is 4. The summed E-state index contributed by atoms with van der Waals surface area (Å²) in [6, 6.07) is 22.9. The Hall–Kier alpha value is -3.84. The van der Waals surface area contributed by atoms with Gasteiger partial charge in [-0.25, -0.2) is 9.07 Å². The second-order valence-electron chi connectivity index (χ2n) is 8.26. The molecule has 1 saturated heterocycles. The molecule has 1 aliphatic heterocycles. The molecule has 1 aliphatic rings. The van der Waals surface area contributed by atoms with Crippen LogP contribution in [0, 0.1) is 5.82 Å². The molecule has 3 aromatic carbocycles. The van der Waals surface area contributed by atoms with E-state index in [4.69, 9.17) is 16.3 Å². The Bertz CT molecular complexity index is 1330. The van der Waals surface area contributed by atoms with Crippen molar-refractivity contribution in [3.05, 3.63) is 95.4 Å². The lowest BCUT2D eigenvalue weighted by Crippen LogP contribution is -2.49. The van der Waals surface area contributed by atoms with E-state index in [1.807, 2.05) is 41.3 Å². The number of rotatable bonds is 5. The summed E-state index contributed by atoms with van der Waals surface area (Å²) in [4.78, 5) is 17.7. The first-order valence-electron chi connectivity index (χ1n) is 11.3. The van der Waals surface area contributed by atoms with Crippen molar-refractivity contribution >= 4 is 23.2 Å². The molecule has 4 aromatic rings. The SMILES string of the molecule is COc1ccccc1N1CCN(C(=O)c2cc(-c3ccc(F)cc3)nn2-c2ccc(Cl)cc2)CC1. The zero-order valence-electron chi connectivity index (χ0n) is 19.2. The Kier molecular flexibility index (Phi) is 6.42. The van der Waals surface area contributed by atoms with E-state index in [1.54, 1.807) is 42.1 Å². The zero-order valence-corrected chi connectivity index (χ0v) is 20.0. The van der Waals surface area contributed by atoms with Crippen LogP contribution in [0.4, 0.5) is 10.1 Å². The van der Waals surface area contributed by atoms with Crippen LogP contribution in [0.15, 0.2) is 78.9 Å². The van der Waals surface area contributed by atoms with Crippen molar-refractivity contribution in [1.29, 1.82) is 0 Å². The second kappa shape index (κ2) is 9.80. The number of para-hydroxylation sites is 2. The molecule has 0 radical (unpaired) electrons. The second-order valence-corrected chi connectivity index (χ2v) is 8.70. The van der Waals surface area contributed by atoms with E-state index in [1.165, 1.54) is 12.1 Å². The van der Waals surface area contributed by atoms with Gasteiger partial charge in [-0.15, -0.1) is 0 Å². The highest BCUT2D eigenvalue weighted by molar-refractivity contribution is 6.30. The molecule has 5 rings (SSSR count). The number of ether oxygens (including phenoxy) is 1. The van der Waals surface area contributed by atoms with E-state index >= 15 is 0 Å². The minimum absolute atomic E-state index is 0.111. The van der Waals surface area contributed by atoms with E-state index in [2.05, 4.69) is 10.00 Å². The predicted octanol–water partition coefficient (Wildman–Crippen LogP) is 5.30. The lowest BCUT2D eigenvalue weighted by Gasteiger charge is -2.36. The maximum Gasteiger partial charge on any atom is 0.272 e. The van der Waals surface area contributed by atoms with Gasteiger partial charge < -0.3 is 14.5 Å². The summed E-state index contributed by atoms with van der Waals surface area (Å²) < 4.78 is 20.6. The normalized spacial score (nSPS) is 13.7. The molecule has 0 saturated carbocycles. The third kappa shape index (κ3) is 4.72. The van der Waals surface area contributed by atoms with E-state index in [0.29, 0.717) is 42.6 Å². The summed E-state index contributed by atoms with van der Waals surface area (Å²) in [6.45, 7) is 2.50. The minimum atomic E-state index is -0.324. The maximum absolute atomic E-state index is 13.7. The van der Waals surface area contributed by atoms with Crippen LogP contribution >= 0.6 is 11.6 Å². The van der Waals surface area contributed by atoms with E-state index in [-0.39, 0.29) is 11.7 Å². The summed E-state index contributed by atoms with van der Waals surface area (Å²) in [7, 11) is 1.66. The molecule has 0 aliphatic carbocycles. The quantitative estimate of drug-likeness (QED) is 0.381. The van der Waals surface area contributed by atoms with Gasteiger partial charge >= 0.3 is 0 Å². The van der Waals surface area contributed by atoms with Crippen molar-refractivity contribution in [1.82, 2.24) is 14.7 Å². The predicted molar refractivity (Wildman–Crippen MR) is 135 cm³/mol. The Labute approximate surface area is 208 Å². The largest absolute Gasteiger partial charge is 0.495 e. The molecule has 35 heavy (non-hydrogen) atoms. The Morgan fingerprint density at radius 1 is 0.943 bits per heavy atom. The number of anilines is 1. The topological polar surface area (TPSA) is 50.6 Å². The number of aromatic nitrogens is 2. The first-order chi connectivity index (χ1) is 17.0. The van der Waals surface area contributed by atoms with Crippen molar-refractivity contribution in [2.24, 2.45) is 0 Å². The van der Waals surface area contributed by atoms with Crippen LogP contribution < -0.4 is 9.64 Å². The highest BCUT2D eigenvalue weighted by atomic mass is 35.5. The third-order valence-electron chi connectivity index (χ3n) is 6.13. The highest BCUT2D eigenvalue weighted by Gasteiger charge is 2.27. The Morgan fingerprint density at radius 3 is 2.31 bits per heavy atom. The fraction of sp³-hybridized carbons (Fsp3) is 0.185. The van der Waals surface area contributed by atoms with Crippen molar-refractivity contribution in [3.8, 4) is 22.7 Å². The number of carbonyl (C=O) groups is 1. The van der Waals surface area contributed by atoms with E-state index < -0.39 is 0 Å². The number of hydrogen-bond acceptors (Lipinski definition) is 4. The van der Waals surface area contributed by atoms with Crippen LogP contribution in [0.1, 0.15) is 10.5 Å². The number of piperazine rings is 1. The first-order valence-corrected chi connectivity index (χ1v) is 11.7. The summed E-state index contributed by atoms with van der Waals surface area (Å²) in [5, 5.41) is 5.29. The van der Waals surface area contributed by atoms with Gasteiger partial charge in [0.25, 0.3) is 5.91 Å². The summed E-state index contributed by atoms with van der Waals surface area (Å²) in [5.41, 5.74) is 3.51. The maximum atomic E-state index is 13.7. The molecular weight excluding hydrogens is 467 g/mol. The van der Waals surface area contributed by atoms with Gasteiger partial charge in [-0.1, -0.05) is 23.7 Å². The molecule has 2 heterocycles. The monoisotopic (exact) mass is 490 g/mol. The molecule has 0 unspecified atom stereocenters.